The first-order valence-electron chi connectivity index (χ1n) is 13.1. The first kappa shape index (κ1) is 30.3. The molecule has 10 nitrogen and oxygen atoms in total. The molecule has 3 aromatic heterocycles. The summed E-state index contributed by atoms with van der Waals surface area (Å²) in [6, 6.07) is 7.39. The van der Waals surface area contributed by atoms with Gasteiger partial charge in [0.1, 0.15) is 11.3 Å². The van der Waals surface area contributed by atoms with Gasteiger partial charge in [0.2, 0.25) is 10.0 Å². The Balaban J connectivity index is 1.66. The summed E-state index contributed by atoms with van der Waals surface area (Å²) in [6.07, 6.45) is -4.05. The molecule has 1 aromatic carbocycles. The predicted molar refractivity (Wildman–Crippen MR) is 151 cm³/mol. The Kier molecular flexibility index (Phi) is 8.34. The van der Waals surface area contributed by atoms with Crippen molar-refractivity contribution < 1.29 is 35.1 Å². The van der Waals surface area contributed by atoms with Crippen LogP contribution in [-0.2, 0) is 20.9 Å². The van der Waals surface area contributed by atoms with Gasteiger partial charge < -0.3 is 15.4 Å². The normalized spacial score (nSPS) is 16.0. The fourth-order valence-electron chi connectivity index (χ4n) is 4.67. The van der Waals surface area contributed by atoms with E-state index < -0.39 is 40.0 Å². The number of sulfonamides is 1. The molecule has 1 fully saturated rings. The van der Waals surface area contributed by atoms with E-state index in [1.54, 1.807) is 0 Å². The molecule has 4 aromatic rings. The third-order valence-corrected chi connectivity index (χ3v) is 8.08. The number of hydrogen-bond donors (Lipinski definition) is 2. The summed E-state index contributed by atoms with van der Waals surface area (Å²) in [5, 5.41) is 0. The molecule has 0 radical (unpaired) electrons. The molecule has 0 aliphatic carbocycles. The highest BCUT2D eigenvalue weighted by molar-refractivity contribution is 7.92. The van der Waals surface area contributed by atoms with Crippen LogP contribution in [0.2, 0.25) is 0 Å². The number of nitrogens with zero attached hydrogens (tertiary/aromatic N) is 5. The maximum Gasteiger partial charge on any atom is 0.417 e. The van der Waals surface area contributed by atoms with Gasteiger partial charge in [0, 0.05) is 23.9 Å². The molecule has 1 aliphatic heterocycles. The summed E-state index contributed by atoms with van der Waals surface area (Å²) in [4.78, 5) is 19.1. The number of anilines is 3. The second-order valence-electron chi connectivity index (χ2n) is 9.84. The highest BCUT2D eigenvalue weighted by Gasteiger charge is 2.36. The van der Waals surface area contributed by atoms with Gasteiger partial charge in [-0.3, -0.25) is 9.11 Å². The van der Waals surface area contributed by atoms with Crippen molar-refractivity contribution in [3.05, 3.63) is 54.0 Å². The molecule has 3 N–H and O–H groups in total. The highest BCUT2D eigenvalue weighted by atomic mass is 32.2. The Morgan fingerprint density at radius 3 is 2.65 bits per heavy atom. The van der Waals surface area contributed by atoms with Gasteiger partial charge in [0.05, 0.1) is 54.1 Å². The number of fused-ring (bicyclic) bond motifs is 1. The largest absolute Gasteiger partial charge is 0.417 e. The van der Waals surface area contributed by atoms with E-state index in [0.717, 1.165) is 6.20 Å². The number of aromatic nitrogens is 4. The first-order chi connectivity index (χ1) is 20.4. The Labute approximate surface area is 243 Å². The molecular formula is C27H26F5N7O3S. The van der Waals surface area contributed by atoms with E-state index in [4.69, 9.17) is 10.5 Å². The van der Waals surface area contributed by atoms with E-state index in [1.165, 1.54) is 30.3 Å². The molecule has 16 heteroatoms. The maximum atomic E-state index is 15.6. The number of pyridine rings is 2. The second kappa shape index (κ2) is 11.8. The number of ether oxygens (including phenoxy) is 1. The molecule has 0 saturated carbocycles. The number of nitrogens with two attached hydrogens (primary N) is 1. The lowest BCUT2D eigenvalue weighted by molar-refractivity contribution is -0.137. The molecule has 5 rings (SSSR count). The lowest BCUT2D eigenvalue weighted by Crippen LogP contribution is -2.44. The van der Waals surface area contributed by atoms with Crippen LogP contribution < -0.4 is 15.4 Å². The van der Waals surface area contributed by atoms with E-state index in [9.17, 15) is 26.0 Å². The SMILES string of the molecule is C[C@@H]1COCCN1c1nc(-c2cnc(N)cc2C(F)(F)F)nc2ccc(-c3cccc(NS(=O)(=O)CCCF)c3F)nc12. The molecule has 0 unspecified atom stereocenters. The zero-order chi connectivity index (χ0) is 30.9. The lowest BCUT2D eigenvalue weighted by atomic mass is 10.1. The van der Waals surface area contributed by atoms with Gasteiger partial charge in [0.25, 0.3) is 0 Å². The molecule has 4 heterocycles. The van der Waals surface area contributed by atoms with Gasteiger partial charge >= 0.3 is 6.18 Å². The molecular weight excluding hydrogens is 597 g/mol. The number of benzene rings is 1. The summed E-state index contributed by atoms with van der Waals surface area (Å²) < 4.78 is 102. The number of morpholine rings is 1. The zero-order valence-electron chi connectivity index (χ0n) is 22.7. The minimum Gasteiger partial charge on any atom is -0.384 e. The van der Waals surface area contributed by atoms with Crippen LogP contribution in [0.15, 0.2) is 42.6 Å². The van der Waals surface area contributed by atoms with Gasteiger partial charge in [-0.05, 0) is 43.7 Å². The summed E-state index contributed by atoms with van der Waals surface area (Å²) >= 11 is 0. The first-order valence-corrected chi connectivity index (χ1v) is 14.7. The van der Waals surface area contributed by atoms with Crippen LogP contribution in [0.4, 0.5) is 39.3 Å². The monoisotopic (exact) mass is 623 g/mol. The minimum absolute atomic E-state index is 0.0558. The highest BCUT2D eigenvalue weighted by Crippen LogP contribution is 2.38. The van der Waals surface area contributed by atoms with Crippen molar-refractivity contribution in [1.29, 1.82) is 0 Å². The van der Waals surface area contributed by atoms with Gasteiger partial charge in [-0.2, -0.15) is 13.2 Å². The molecule has 1 atom stereocenters. The number of hydrogen-bond acceptors (Lipinski definition) is 9. The third kappa shape index (κ3) is 6.44. The average Bonchev–Trinajstić information content (AvgIpc) is 2.96. The fraction of sp³-hybridized carbons (Fsp3) is 0.333. The standard InChI is InChI=1S/C27H26F5N7O3S/c1-15-14-42-10-9-39(15)26-24-21(36-25(37-26)17-13-34-22(33)12-18(17)27(30,31)32)7-6-19(35-24)16-4-2-5-20(23(16)29)38-43(40,41)11-3-8-28/h2,4-7,12-13,15,38H,3,8-11,14H2,1H3,(H2,33,34)/t15-/m1/s1. The quantitative estimate of drug-likeness (QED) is 0.265. The number of alkyl halides is 4. The topological polar surface area (TPSA) is 136 Å². The van der Waals surface area contributed by atoms with Crippen molar-refractivity contribution in [2.75, 3.05) is 47.5 Å². The van der Waals surface area contributed by atoms with Crippen molar-refractivity contribution in [3.63, 3.8) is 0 Å². The van der Waals surface area contributed by atoms with E-state index in [2.05, 4.69) is 24.7 Å². The second-order valence-corrected chi connectivity index (χ2v) is 11.7. The zero-order valence-corrected chi connectivity index (χ0v) is 23.5. The van der Waals surface area contributed by atoms with Crippen LogP contribution in [0.5, 0.6) is 0 Å². The molecule has 228 valence electrons. The molecule has 1 aliphatic rings. The van der Waals surface area contributed by atoms with Crippen LogP contribution in [0.25, 0.3) is 33.7 Å². The van der Waals surface area contributed by atoms with Crippen molar-refractivity contribution >= 4 is 38.4 Å². The summed E-state index contributed by atoms with van der Waals surface area (Å²) in [7, 11) is -4.01. The Bertz CT molecular complexity index is 1770. The Morgan fingerprint density at radius 2 is 1.93 bits per heavy atom. The van der Waals surface area contributed by atoms with Crippen LogP contribution in [0.1, 0.15) is 18.9 Å². The van der Waals surface area contributed by atoms with E-state index in [-0.39, 0.29) is 63.5 Å². The van der Waals surface area contributed by atoms with Crippen molar-refractivity contribution in [3.8, 4) is 22.6 Å². The lowest BCUT2D eigenvalue weighted by Gasteiger charge is -2.34. The smallest absolute Gasteiger partial charge is 0.384 e. The molecule has 0 amide bonds. The molecule has 0 spiro atoms. The van der Waals surface area contributed by atoms with Crippen molar-refractivity contribution in [2.24, 2.45) is 0 Å². The number of halogens is 5. The predicted octanol–water partition coefficient (Wildman–Crippen LogP) is 4.82. The van der Waals surface area contributed by atoms with Gasteiger partial charge in [-0.25, -0.2) is 32.7 Å². The average molecular weight is 624 g/mol. The minimum atomic E-state index is -4.77. The number of rotatable bonds is 8. The fourth-order valence-corrected chi connectivity index (χ4v) is 5.75. The van der Waals surface area contributed by atoms with E-state index in [0.29, 0.717) is 25.8 Å². The molecule has 0 bridgehead atoms. The molecule has 1 saturated heterocycles. The Hall–Kier alpha value is -4.18. The van der Waals surface area contributed by atoms with E-state index >= 15 is 4.39 Å². The van der Waals surface area contributed by atoms with Gasteiger partial charge in [-0.1, -0.05) is 6.07 Å². The number of nitrogens with one attached hydrogen (secondary N) is 1. The number of nitrogen functional groups attached to an aromatic ring is 1. The van der Waals surface area contributed by atoms with Gasteiger partial charge in [-0.15, -0.1) is 0 Å². The third-order valence-electron chi connectivity index (χ3n) is 6.72. The molecule has 43 heavy (non-hydrogen) atoms. The van der Waals surface area contributed by atoms with Crippen molar-refractivity contribution in [2.45, 2.75) is 25.6 Å². The van der Waals surface area contributed by atoms with Crippen molar-refractivity contribution in [1.82, 2.24) is 19.9 Å². The summed E-state index contributed by atoms with van der Waals surface area (Å²) in [6.45, 7) is 1.99. The van der Waals surface area contributed by atoms with Crippen LogP contribution >= 0.6 is 0 Å². The van der Waals surface area contributed by atoms with Crippen LogP contribution in [0.3, 0.4) is 0 Å². The summed E-state index contributed by atoms with van der Waals surface area (Å²) in [5.74, 6) is -1.82. The maximum absolute atomic E-state index is 15.6. The van der Waals surface area contributed by atoms with Crippen LogP contribution in [-0.4, -0.2) is 66.6 Å². The van der Waals surface area contributed by atoms with E-state index in [1.807, 2.05) is 11.8 Å². The summed E-state index contributed by atoms with van der Waals surface area (Å²) in [5.41, 5.74) is 4.15. The van der Waals surface area contributed by atoms with Crippen LogP contribution in [0, 0.1) is 5.82 Å². The van der Waals surface area contributed by atoms with Gasteiger partial charge in [0.15, 0.2) is 17.5 Å². The Morgan fingerprint density at radius 1 is 1.14 bits per heavy atom.